The Labute approximate surface area is 332 Å². The van der Waals surface area contributed by atoms with E-state index in [1.807, 2.05) is 17.3 Å². The van der Waals surface area contributed by atoms with Crippen LogP contribution in [-0.4, -0.2) is 78.0 Å². The Bertz CT molecular complexity index is 2060. The lowest BCUT2D eigenvalue weighted by Gasteiger charge is -2.25. The third-order valence-corrected chi connectivity index (χ3v) is 10.5. The molecule has 9 heteroatoms. The fourth-order valence-corrected chi connectivity index (χ4v) is 7.73. The maximum Gasteiger partial charge on any atom is 0.224 e. The van der Waals surface area contributed by atoms with Crippen molar-refractivity contribution in [1.82, 2.24) is 19.4 Å². The predicted octanol–water partition coefficient (Wildman–Crippen LogP) is 7.74. The van der Waals surface area contributed by atoms with Gasteiger partial charge in [-0.05, 0) is 58.0 Å². The fourth-order valence-electron chi connectivity index (χ4n) is 7.73. The molecule has 5 aromatic rings. The number of aryl methyl sites for hydroxylation is 2. The van der Waals surface area contributed by atoms with Crippen LogP contribution in [0.15, 0.2) is 97.3 Å². The maximum atomic E-state index is 13.6. The van der Waals surface area contributed by atoms with E-state index < -0.39 is 0 Å². The topological polar surface area (TPSA) is 78.3 Å². The number of benzene rings is 4. The van der Waals surface area contributed by atoms with Gasteiger partial charge in [0.15, 0.2) is 0 Å². The van der Waals surface area contributed by atoms with Gasteiger partial charge in [-0.3, -0.25) is 9.69 Å². The molecule has 2 aliphatic heterocycles. The molecule has 4 bridgehead atoms. The van der Waals surface area contributed by atoms with Crippen LogP contribution in [0.2, 0.25) is 0 Å². The maximum absolute atomic E-state index is 13.6. The molecule has 0 saturated carbocycles. The van der Waals surface area contributed by atoms with Crippen molar-refractivity contribution in [1.29, 1.82) is 0 Å². The lowest BCUT2D eigenvalue weighted by atomic mass is 9.99. The molecule has 0 spiro atoms. The Morgan fingerprint density at radius 3 is 2.07 bits per heavy atom. The zero-order valence-electron chi connectivity index (χ0n) is 33.3. The van der Waals surface area contributed by atoms with E-state index in [0.29, 0.717) is 71.6 Å². The van der Waals surface area contributed by atoms with Gasteiger partial charge in [-0.2, -0.15) is 0 Å². The Morgan fingerprint density at radius 1 is 0.714 bits per heavy atom. The minimum atomic E-state index is 0.111. The normalized spacial score (nSPS) is 16.1. The summed E-state index contributed by atoms with van der Waals surface area (Å²) in [5.41, 5.74) is 9.65. The minimum absolute atomic E-state index is 0.111. The molecule has 0 fully saturated rings. The van der Waals surface area contributed by atoms with Crippen LogP contribution in [0.5, 0.6) is 11.5 Å². The Morgan fingerprint density at radius 2 is 1.36 bits per heavy atom. The first kappa shape index (κ1) is 39.3. The molecule has 294 valence electrons. The van der Waals surface area contributed by atoms with Crippen LogP contribution < -0.4 is 9.47 Å². The van der Waals surface area contributed by atoms with Crippen LogP contribution >= 0.6 is 0 Å². The van der Waals surface area contributed by atoms with Crippen LogP contribution in [0.4, 0.5) is 0 Å². The van der Waals surface area contributed by atoms with Gasteiger partial charge in [0.05, 0.1) is 26.4 Å². The summed E-state index contributed by atoms with van der Waals surface area (Å²) >= 11 is 0. The van der Waals surface area contributed by atoms with Gasteiger partial charge in [0.1, 0.15) is 30.5 Å². The molecule has 0 unspecified atom stereocenters. The lowest BCUT2D eigenvalue weighted by Crippen LogP contribution is -2.34. The zero-order valence-corrected chi connectivity index (χ0v) is 33.3. The van der Waals surface area contributed by atoms with Gasteiger partial charge in [-0.25, -0.2) is 4.98 Å². The molecular weight excluding hydrogens is 701 g/mol. The van der Waals surface area contributed by atoms with Gasteiger partial charge in [0.25, 0.3) is 0 Å². The van der Waals surface area contributed by atoms with E-state index in [9.17, 15) is 4.79 Å². The molecular formula is C47H56N4O5. The molecule has 0 N–H and O–H groups in total. The molecule has 0 aliphatic carbocycles. The number of fused-ring (bicyclic) bond motifs is 6. The number of amides is 1. The highest BCUT2D eigenvalue weighted by Gasteiger charge is 2.18. The molecule has 56 heavy (non-hydrogen) atoms. The highest BCUT2D eigenvalue weighted by atomic mass is 16.5. The number of imidazole rings is 1. The summed E-state index contributed by atoms with van der Waals surface area (Å²) in [6.45, 7) is 13.5. The monoisotopic (exact) mass is 756 g/mol. The SMILES string of the molecule is Cc1ccc2c(c1)Cc1cccc(c1)CN(Cc1ccc3c(c1)Cc1cccc(c1)CN(C(=O)CCn1ccnc1C(C)C)CCOCCO3)CCOCCO2. The number of carbonyl (C=O) groups is 1. The molecule has 9 nitrogen and oxygen atoms in total. The molecule has 3 heterocycles. The number of carbonyl (C=O) groups excluding carboxylic acids is 1. The minimum Gasteiger partial charge on any atom is -0.491 e. The standard InChI is InChI=1S/C47H56N4O5/c1-35(2)47-48-15-17-50(47)16-14-46(52)51-19-21-54-23-25-56-45-13-11-41(31-43(45)30-38-7-5-9-40(28-38)34-51)33-49-18-20-53-22-24-55-44-12-10-36(3)26-42(44)29-37-6-4-8-39(27-37)32-49/h4-13,15,17,26-28,31,35H,14,16,18-25,29-30,32-34H2,1-3H3. The average molecular weight is 757 g/mol. The molecule has 0 radical (unpaired) electrons. The van der Waals surface area contributed by atoms with Crippen LogP contribution in [0.3, 0.4) is 0 Å². The zero-order chi connectivity index (χ0) is 38.7. The van der Waals surface area contributed by atoms with Crippen molar-refractivity contribution in [3.8, 4) is 11.5 Å². The molecule has 0 saturated heterocycles. The van der Waals surface area contributed by atoms with Crippen molar-refractivity contribution < 1.29 is 23.7 Å². The third-order valence-electron chi connectivity index (χ3n) is 10.5. The molecule has 2 aliphatic rings. The summed E-state index contributed by atoms with van der Waals surface area (Å²) in [6.07, 6.45) is 5.73. The quantitative estimate of drug-likeness (QED) is 0.176. The van der Waals surface area contributed by atoms with E-state index >= 15 is 0 Å². The lowest BCUT2D eigenvalue weighted by molar-refractivity contribution is -0.132. The summed E-state index contributed by atoms with van der Waals surface area (Å²) in [4.78, 5) is 22.5. The highest BCUT2D eigenvalue weighted by molar-refractivity contribution is 5.76. The van der Waals surface area contributed by atoms with Crippen LogP contribution in [-0.2, 0) is 53.3 Å². The smallest absolute Gasteiger partial charge is 0.224 e. The van der Waals surface area contributed by atoms with Crippen molar-refractivity contribution in [2.24, 2.45) is 0 Å². The van der Waals surface area contributed by atoms with Crippen molar-refractivity contribution in [2.75, 3.05) is 52.7 Å². The summed E-state index contributed by atoms with van der Waals surface area (Å²) in [7, 11) is 0. The summed E-state index contributed by atoms with van der Waals surface area (Å²) in [6, 6.07) is 30.6. The molecule has 1 aromatic heterocycles. The first-order valence-electron chi connectivity index (χ1n) is 20.2. The molecule has 4 aromatic carbocycles. The Hall–Kier alpha value is -4.96. The number of ether oxygens (including phenoxy) is 4. The van der Waals surface area contributed by atoms with Gasteiger partial charge in [0.2, 0.25) is 5.91 Å². The second-order valence-electron chi connectivity index (χ2n) is 15.4. The molecule has 7 rings (SSSR count). The summed E-state index contributed by atoms with van der Waals surface area (Å²) < 4.78 is 26.7. The van der Waals surface area contributed by atoms with E-state index in [1.54, 1.807) is 0 Å². The highest BCUT2D eigenvalue weighted by Crippen LogP contribution is 2.27. The molecule has 0 atom stereocenters. The first-order chi connectivity index (χ1) is 27.4. The van der Waals surface area contributed by atoms with Crippen molar-refractivity contribution in [3.63, 3.8) is 0 Å². The van der Waals surface area contributed by atoms with Crippen molar-refractivity contribution >= 4 is 5.91 Å². The first-order valence-corrected chi connectivity index (χ1v) is 20.2. The fraction of sp³-hybridized carbons (Fsp3) is 0.404. The van der Waals surface area contributed by atoms with Gasteiger partial charge in [0, 0.05) is 76.8 Å². The number of aromatic nitrogens is 2. The van der Waals surface area contributed by atoms with E-state index in [-0.39, 0.29) is 5.91 Å². The van der Waals surface area contributed by atoms with Crippen LogP contribution in [0, 0.1) is 6.92 Å². The molecule has 1 amide bonds. The Balaban J connectivity index is 1.07. The number of nitrogens with zero attached hydrogens (tertiary/aromatic N) is 4. The summed E-state index contributed by atoms with van der Waals surface area (Å²) in [5, 5.41) is 0. The van der Waals surface area contributed by atoms with Gasteiger partial charge < -0.3 is 28.4 Å². The van der Waals surface area contributed by atoms with Crippen LogP contribution in [0.1, 0.15) is 76.5 Å². The second-order valence-corrected chi connectivity index (χ2v) is 15.4. The number of hydrogen-bond donors (Lipinski definition) is 0. The van der Waals surface area contributed by atoms with Crippen LogP contribution in [0.25, 0.3) is 0 Å². The summed E-state index contributed by atoms with van der Waals surface area (Å²) in [5.74, 6) is 3.23. The largest absolute Gasteiger partial charge is 0.491 e. The van der Waals surface area contributed by atoms with Crippen molar-refractivity contribution in [2.45, 2.75) is 72.1 Å². The van der Waals surface area contributed by atoms with Gasteiger partial charge in [-0.1, -0.05) is 92.2 Å². The second kappa shape index (κ2) is 19.3. The van der Waals surface area contributed by atoms with Gasteiger partial charge in [-0.15, -0.1) is 0 Å². The number of hydrogen-bond acceptors (Lipinski definition) is 7. The van der Waals surface area contributed by atoms with E-state index in [1.165, 1.54) is 33.4 Å². The van der Waals surface area contributed by atoms with E-state index in [2.05, 4.69) is 120 Å². The number of rotatable bonds is 6. The Kier molecular flexibility index (Phi) is 13.5. The average Bonchev–Trinajstić information content (AvgIpc) is 3.66. The van der Waals surface area contributed by atoms with Crippen molar-refractivity contribution in [3.05, 3.63) is 148 Å². The predicted molar refractivity (Wildman–Crippen MR) is 219 cm³/mol. The van der Waals surface area contributed by atoms with E-state index in [4.69, 9.17) is 18.9 Å². The van der Waals surface area contributed by atoms with Gasteiger partial charge >= 0.3 is 0 Å². The third kappa shape index (κ3) is 10.9. The van der Waals surface area contributed by atoms with E-state index in [0.717, 1.165) is 60.9 Å².